The summed E-state index contributed by atoms with van der Waals surface area (Å²) in [6.07, 6.45) is 0.764. The summed E-state index contributed by atoms with van der Waals surface area (Å²) in [6, 6.07) is 14.5. The first-order valence-electron chi connectivity index (χ1n) is 9.19. The van der Waals surface area contributed by atoms with Crippen LogP contribution in [-0.2, 0) is 16.5 Å². The molecule has 0 bridgehead atoms. The molecule has 0 spiro atoms. The van der Waals surface area contributed by atoms with E-state index in [0.717, 1.165) is 18.1 Å². The number of carbonyl (C=O) groups is 2. The average Bonchev–Trinajstić information content (AvgIpc) is 2.72. The van der Waals surface area contributed by atoms with Crippen LogP contribution in [-0.4, -0.2) is 24.5 Å². The monoisotopic (exact) mass is 444 g/mol. The van der Waals surface area contributed by atoms with Crippen LogP contribution < -0.4 is 40.6 Å². The van der Waals surface area contributed by atoms with Crippen molar-refractivity contribution in [3.63, 3.8) is 0 Å². The summed E-state index contributed by atoms with van der Waals surface area (Å²) >= 11 is 0. The van der Waals surface area contributed by atoms with Gasteiger partial charge in [-0.3, -0.25) is 9.59 Å². The average molecular weight is 444 g/mol. The van der Waals surface area contributed by atoms with Gasteiger partial charge in [0.2, 0.25) is 0 Å². The van der Waals surface area contributed by atoms with Gasteiger partial charge in [-0.2, -0.15) is 0 Å². The van der Waals surface area contributed by atoms with Crippen molar-refractivity contribution in [3.8, 4) is 0 Å². The molecule has 1 aliphatic carbocycles. The van der Waals surface area contributed by atoms with E-state index in [1.165, 1.54) is 12.1 Å². The van der Waals surface area contributed by atoms with Crippen LogP contribution in [0, 0.1) is 0 Å². The van der Waals surface area contributed by atoms with Gasteiger partial charge < -0.3 is 15.6 Å². The van der Waals surface area contributed by atoms with Gasteiger partial charge in [0.05, 0.1) is 27.4 Å². The molecule has 0 unspecified atom stereocenters. The molecule has 0 saturated carbocycles. The van der Waals surface area contributed by atoms with E-state index < -0.39 is 32.3 Å². The summed E-state index contributed by atoms with van der Waals surface area (Å²) in [7, 11) is -4.99. The topological polar surface area (TPSA) is 129 Å². The predicted molar refractivity (Wildman–Crippen MR) is 111 cm³/mol. The molecule has 4 rings (SSSR count). The minimum Gasteiger partial charge on any atom is -0.744 e. The molecule has 0 radical (unpaired) electrons. The van der Waals surface area contributed by atoms with Gasteiger partial charge in [-0.25, -0.2) is 8.42 Å². The number of nitrogens with one attached hydrogen (secondary N) is 1. The van der Waals surface area contributed by atoms with Crippen LogP contribution in [0.1, 0.15) is 44.3 Å². The quantitative estimate of drug-likeness (QED) is 0.262. The summed E-state index contributed by atoms with van der Waals surface area (Å²) in [5, 5.41) is 3.00. The van der Waals surface area contributed by atoms with E-state index >= 15 is 0 Å². The van der Waals surface area contributed by atoms with Crippen molar-refractivity contribution in [1.29, 1.82) is 0 Å². The summed E-state index contributed by atoms with van der Waals surface area (Å²) < 4.78 is 35.5. The van der Waals surface area contributed by atoms with Crippen LogP contribution in [0.15, 0.2) is 59.5 Å². The van der Waals surface area contributed by atoms with Crippen molar-refractivity contribution in [1.82, 2.24) is 0 Å². The first-order valence-corrected chi connectivity index (χ1v) is 10.6. The van der Waals surface area contributed by atoms with E-state index in [1.807, 2.05) is 19.1 Å². The van der Waals surface area contributed by atoms with Crippen LogP contribution >= 0.6 is 0 Å². The fourth-order valence-corrected chi connectivity index (χ4v) is 4.26. The Bertz CT molecular complexity index is 1340. The molecule has 0 aromatic heterocycles. The molecule has 152 valence electrons. The number of anilines is 3. The molecule has 1 aliphatic rings. The zero-order valence-corrected chi connectivity index (χ0v) is 19.7. The third-order valence-corrected chi connectivity index (χ3v) is 5.96. The van der Waals surface area contributed by atoms with E-state index in [2.05, 4.69) is 5.32 Å². The van der Waals surface area contributed by atoms with E-state index in [4.69, 9.17) is 5.73 Å². The van der Waals surface area contributed by atoms with Gasteiger partial charge in [0.25, 0.3) is 0 Å². The third kappa shape index (κ3) is 4.05. The minimum atomic E-state index is -4.99. The van der Waals surface area contributed by atoms with E-state index in [0.29, 0.717) is 5.69 Å². The normalized spacial score (nSPS) is 12.6. The predicted octanol–water partition coefficient (Wildman–Crippen LogP) is 0.258. The molecule has 0 saturated heterocycles. The molecule has 0 aliphatic heterocycles. The second-order valence-corrected chi connectivity index (χ2v) is 8.27. The molecule has 31 heavy (non-hydrogen) atoms. The summed E-state index contributed by atoms with van der Waals surface area (Å²) in [4.78, 5) is 25.6. The molecule has 0 heterocycles. The molecule has 7 nitrogen and oxygen atoms in total. The molecule has 3 aromatic rings. The molecule has 3 N–H and O–H groups in total. The Kier molecular flexibility index (Phi) is 6.40. The van der Waals surface area contributed by atoms with Gasteiger partial charge in [-0.1, -0.05) is 43.3 Å². The first kappa shape index (κ1) is 23.2. The van der Waals surface area contributed by atoms with E-state index in [9.17, 15) is 22.6 Å². The fourth-order valence-electron chi connectivity index (χ4n) is 3.62. The Labute approximate surface area is 201 Å². The molecule has 9 heteroatoms. The largest absolute Gasteiger partial charge is 1.00 e. The first-order chi connectivity index (χ1) is 14.2. The number of fused-ring (bicyclic) bond motifs is 2. The summed E-state index contributed by atoms with van der Waals surface area (Å²) in [5.74, 6) is -1.08. The number of ketones is 2. The van der Waals surface area contributed by atoms with Gasteiger partial charge >= 0.3 is 29.6 Å². The number of carbonyl (C=O) groups excluding carboxylic acids is 2. The molecular formula is C22H17N2NaO5S. The van der Waals surface area contributed by atoms with Crippen molar-refractivity contribution >= 4 is 38.7 Å². The third-order valence-electron chi connectivity index (χ3n) is 5.08. The maximum absolute atomic E-state index is 13.2. The number of hydrogen-bond donors (Lipinski definition) is 2. The van der Waals surface area contributed by atoms with Crippen molar-refractivity contribution in [2.75, 3.05) is 11.1 Å². The van der Waals surface area contributed by atoms with Gasteiger partial charge in [-0.05, 0) is 30.2 Å². The Balaban J connectivity index is 0.00000272. The van der Waals surface area contributed by atoms with Crippen molar-refractivity contribution in [2.45, 2.75) is 18.2 Å². The van der Waals surface area contributed by atoms with Crippen molar-refractivity contribution < 1.29 is 52.1 Å². The number of rotatable bonds is 4. The smallest absolute Gasteiger partial charge is 0.744 e. The molecule has 0 fully saturated rings. The fraction of sp³-hybridized carbons (Fsp3) is 0.0909. The maximum Gasteiger partial charge on any atom is 1.00 e. The van der Waals surface area contributed by atoms with Crippen LogP contribution in [0.4, 0.5) is 17.1 Å². The second-order valence-electron chi connectivity index (χ2n) is 6.92. The molecular weight excluding hydrogens is 427 g/mol. The number of aryl methyl sites for hydroxylation is 1. The Morgan fingerprint density at radius 1 is 0.935 bits per heavy atom. The zero-order valence-electron chi connectivity index (χ0n) is 16.9. The second kappa shape index (κ2) is 8.57. The zero-order chi connectivity index (χ0) is 21.6. The van der Waals surface area contributed by atoms with Gasteiger partial charge in [0.1, 0.15) is 10.1 Å². The van der Waals surface area contributed by atoms with Crippen LogP contribution in [0.25, 0.3) is 0 Å². The van der Waals surface area contributed by atoms with Crippen LogP contribution in [0.2, 0.25) is 0 Å². The van der Waals surface area contributed by atoms with Crippen LogP contribution in [0.5, 0.6) is 0 Å². The Morgan fingerprint density at radius 3 is 2.13 bits per heavy atom. The van der Waals surface area contributed by atoms with E-state index in [1.54, 1.807) is 24.3 Å². The summed E-state index contributed by atoms with van der Waals surface area (Å²) in [5.41, 5.74) is 7.02. The summed E-state index contributed by atoms with van der Waals surface area (Å²) in [6.45, 7) is 1.98. The van der Waals surface area contributed by atoms with Gasteiger partial charge in [0.15, 0.2) is 11.6 Å². The Morgan fingerprint density at radius 2 is 1.55 bits per heavy atom. The van der Waals surface area contributed by atoms with E-state index in [-0.39, 0.29) is 57.5 Å². The van der Waals surface area contributed by atoms with Gasteiger partial charge in [0, 0.05) is 16.8 Å². The van der Waals surface area contributed by atoms with Gasteiger partial charge in [-0.15, -0.1) is 0 Å². The number of nitrogens with two attached hydrogens (primary N) is 1. The number of benzene rings is 3. The maximum atomic E-state index is 13.2. The minimum absolute atomic E-state index is 0. The van der Waals surface area contributed by atoms with Crippen molar-refractivity contribution in [3.05, 3.63) is 82.4 Å². The molecule has 0 amide bonds. The Hall–Kier alpha value is -2.49. The standard InChI is InChI=1S/C22H18N2O5S.Na/c1-2-12-6-5-7-13(10-12)24-16-11-17(30(27,28)29)20(23)19-18(16)21(25)14-8-3-4-9-15(14)22(19)26;/h3-11,24H,2,23H2,1H3,(H,27,28,29);/q;+1/p-1. The van der Waals surface area contributed by atoms with Crippen molar-refractivity contribution in [2.24, 2.45) is 0 Å². The molecule has 3 aromatic carbocycles. The molecule has 0 atom stereocenters. The van der Waals surface area contributed by atoms with Crippen LogP contribution in [0.3, 0.4) is 0 Å². The SMILES string of the molecule is CCc1cccc(Nc2cc(S(=O)(=O)[O-])c(N)c3c2C(=O)c2ccccc2C3=O)c1.[Na+]. The number of hydrogen-bond acceptors (Lipinski definition) is 7. The number of nitrogen functional groups attached to an aromatic ring is 1.